The van der Waals surface area contributed by atoms with Crippen molar-refractivity contribution in [3.05, 3.63) is 30.0 Å². The van der Waals surface area contributed by atoms with Crippen molar-refractivity contribution in [2.24, 2.45) is 0 Å². The molecule has 0 spiro atoms. The van der Waals surface area contributed by atoms with Crippen LogP contribution in [0, 0.1) is 6.92 Å². The normalized spacial score (nSPS) is 9.50. The largest absolute Gasteiger partial charge is 0.382 e. The number of aryl methyl sites for hydroxylation is 1. The fourth-order valence-corrected chi connectivity index (χ4v) is 1.16. The van der Waals surface area contributed by atoms with Gasteiger partial charge in [-0.25, -0.2) is 0 Å². The van der Waals surface area contributed by atoms with Gasteiger partial charge < -0.3 is 5.73 Å². The van der Waals surface area contributed by atoms with Crippen LogP contribution < -0.4 is 5.73 Å². The predicted octanol–water partition coefficient (Wildman–Crippen LogP) is 1.78. The second-order valence-electron chi connectivity index (χ2n) is 2.87. The Balaban J connectivity index is 0.000000980. The molecule has 0 unspecified atom stereocenters. The molecule has 0 amide bonds. The van der Waals surface area contributed by atoms with Crippen LogP contribution in [0.5, 0.6) is 0 Å². The summed E-state index contributed by atoms with van der Waals surface area (Å²) < 4.78 is 0. The molecule has 2 aromatic heterocycles. The van der Waals surface area contributed by atoms with Crippen LogP contribution in [-0.2, 0) is 0 Å². The Hall–Kier alpha value is -1.55. The van der Waals surface area contributed by atoms with Gasteiger partial charge in [-0.05, 0) is 19.1 Å². The number of nitrogen functional groups attached to an aromatic ring is 1. The molecule has 2 rings (SSSR count). The number of halogens is 1. The number of anilines is 1. The Bertz CT molecular complexity index is 424. The molecule has 0 saturated heterocycles. The maximum atomic E-state index is 5.48. The smallest absolute Gasteiger partial charge is 0.145 e. The molecular formula is C9H11ClN4. The van der Waals surface area contributed by atoms with Crippen molar-refractivity contribution in [3.8, 4) is 11.4 Å². The highest BCUT2D eigenvalue weighted by Crippen LogP contribution is 2.15. The zero-order chi connectivity index (χ0) is 9.26. The molecular weight excluding hydrogens is 200 g/mol. The van der Waals surface area contributed by atoms with E-state index >= 15 is 0 Å². The third kappa shape index (κ3) is 2.03. The second kappa shape index (κ2) is 4.11. The average molecular weight is 211 g/mol. The van der Waals surface area contributed by atoms with Crippen molar-refractivity contribution in [1.29, 1.82) is 0 Å². The van der Waals surface area contributed by atoms with Gasteiger partial charge in [0.1, 0.15) is 5.82 Å². The van der Waals surface area contributed by atoms with Crippen LogP contribution in [0.2, 0.25) is 0 Å². The van der Waals surface area contributed by atoms with E-state index in [-0.39, 0.29) is 12.4 Å². The van der Waals surface area contributed by atoms with Crippen LogP contribution in [-0.4, -0.2) is 15.2 Å². The minimum Gasteiger partial charge on any atom is -0.382 e. The van der Waals surface area contributed by atoms with Gasteiger partial charge in [0.05, 0.1) is 11.4 Å². The first-order chi connectivity index (χ1) is 6.25. The lowest BCUT2D eigenvalue weighted by Crippen LogP contribution is -1.85. The summed E-state index contributed by atoms with van der Waals surface area (Å²) in [4.78, 5) is 4.33. The molecule has 0 radical (unpaired) electrons. The average Bonchev–Trinajstić information content (AvgIpc) is 2.52. The molecule has 2 heterocycles. The Morgan fingerprint density at radius 1 is 1.36 bits per heavy atom. The van der Waals surface area contributed by atoms with Gasteiger partial charge in [-0.15, -0.1) is 12.4 Å². The molecule has 0 bridgehead atoms. The fraction of sp³-hybridized carbons (Fsp3) is 0.111. The highest BCUT2D eigenvalue weighted by molar-refractivity contribution is 5.85. The number of aromatic nitrogens is 3. The second-order valence-corrected chi connectivity index (χ2v) is 2.87. The molecule has 0 aliphatic heterocycles. The van der Waals surface area contributed by atoms with E-state index in [2.05, 4.69) is 15.2 Å². The maximum Gasteiger partial charge on any atom is 0.145 e. The predicted molar refractivity (Wildman–Crippen MR) is 58.2 cm³/mol. The zero-order valence-corrected chi connectivity index (χ0v) is 8.51. The Morgan fingerprint density at radius 3 is 2.71 bits per heavy atom. The summed E-state index contributed by atoms with van der Waals surface area (Å²) in [6.07, 6.45) is 0. The first-order valence-corrected chi connectivity index (χ1v) is 4.00. The number of rotatable bonds is 1. The first kappa shape index (κ1) is 10.5. The van der Waals surface area contributed by atoms with Crippen LogP contribution in [0.1, 0.15) is 5.69 Å². The molecule has 0 fully saturated rings. The number of H-pyrrole nitrogens is 1. The summed E-state index contributed by atoms with van der Waals surface area (Å²) in [5.74, 6) is 0.485. The van der Waals surface area contributed by atoms with Crippen LogP contribution in [0.25, 0.3) is 11.4 Å². The number of hydrogen-bond donors (Lipinski definition) is 2. The van der Waals surface area contributed by atoms with Crippen molar-refractivity contribution >= 4 is 18.2 Å². The summed E-state index contributed by atoms with van der Waals surface area (Å²) in [6, 6.07) is 7.58. The van der Waals surface area contributed by atoms with Crippen molar-refractivity contribution in [1.82, 2.24) is 15.2 Å². The lowest BCUT2D eigenvalue weighted by Gasteiger charge is -1.96. The van der Waals surface area contributed by atoms with Gasteiger partial charge in [0.2, 0.25) is 0 Å². The van der Waals surface area contributed by atoms with E-state index in [4.69, 9.17) is 5.73 Å². The molecule has 3 N–H and O–H groups in total. The van der Waals surface area contributed by atoms with E-state index < -0.39 is 0 Å². The highest BCUT2D eigenvalue weighted by Gasteiger charge is 2.01. The minimum absolute atomic E-state index is 0. The Kier molecular flexibility index (Phi) is 3.09. The van der Waals surface area contributed by atoms with Gasteiger partial charge in [0.25, 0.3) is 0 Å². The third-order valence-corrected chi connectivity index (χ3v) is 1.76. The van der Waals surface area contributed by atoms with Crippen molar-refractivity contribution < 1.29 is 0 Å². The number of aromatic amines is 1. The van der Waals surface area contributed by atoms with Gasteiger partial charge in [0.15, 0.2) is 0 Å². The van der Waals surface area contributed by atoms with E-state index in [1.54, 1.807) is 6.07 Å². The summed E-state index contributed by atoms with van der Waals surface area (Å²) >= 11 is 0. The summed E-state index contributed by atoms with van der Waals surface area (Å²) in [5.41, 5.74) is 8.17. The first-order valence-electron chi connectivity index (χ1n) is 4.00. The lowest BCUT2D eigenvalue weighted by molar-refractivity contribution is 1.09. The quantitative estimate of drug-likeness (QED) is 0.754. The number of hydrogen-bond acceptors (Lipinski definition) is 3. The molecule has 74 valence electrons. The molecule has 5 heteroatoms. The molecule has 0 aromatic carbocycles. The standard InChI is InChI=1S/C9H10N4.ClH/c1-6-3-2-4-7(11-6)8-5-9(10)13-12-8;/h2-5H,1H3,(H3,10,12,13);1H. The van der Waals surface area contributed by atoms with Crippen molar-refractivity contribution in [2.45, 2.75) is 6.92 Å². The van der Waals surface area contributed by atoms with Gasteiger partial charge in [0, 0.05) is 11.8 Å². The Labute approximate surface area is 88.0 Å². The van der Waals surface area contributed by atoms with Crippen LogP contribution in [0.3, 0.4) is 0 Å². The summed E-state index contributed by atoms with van der Waals surface area (Å²) in [6.45, 7) is 1.95. The SMILES string of the molecule is Cc1cccc(-c2cc(N)n[nH]2)n1.Cl. The van der Waals surface area contributed by atoms with E-state index in [9.17, 15) is 0 Å². The highest BCUT2D eigenvalue weighted by atomic mass is 35.5. The van der Waals surface area contributed by atoms with Crippen molar-refractivity contribution in [2.75, 3.05) is 5.73 Å². The van der Waals surface area contributed by atoms with Crippen LogP contribution in [0.4, 0.5) is 5.82 Å². The molecule has 0 saturated carbocycles. The monoisotopic (exact) mass is 210 g/mol. The van der Waals surface area contributed by atoms with Gasteiger partial charge in [-0.2, -0.15) is 5.10 Å². The Morgan fingerprint density at radius 2 is 2.14 bits per heavy atom. The molecule has 0 atom stereocenters. The summed E-state index contributed by atoms with van der Waals surface area (Å²) in [7, 11) is 0. The van der Waals surface area contributed by atoms with Gasteiger partial charge >= 0.3 is 0 Å². The van der Waals surface area contributed by atoms with Crippen LogP contribution >= 0.6 is 12.4 Å². The minimum atomic E-state index is 0. The number of nitrogens with two attached hydrogens (primary N) is 1. The zero-order valence-electron chi connectivity index (χ0n) is 7.69. The molecule has 0 aliphatic rings. The molecule has 4 nitrogen and oxygen atoms in total. The lowest BCUT2D eigenvalue weighted by atomic mass is 10.2. The molecule has 14 heavy (non-hydrogen) atoms. The summed E-state index contributed by atoms with van der Waals surface area (Å²) in [5, 5.41) is 6.65. The van der Waals surface area contributed by atoms with Crippen molar-refractivity contribution in [3.63, 3.8) is 0 Å². The van der Waals surface area contributed by atoms with E-state index in [0.717, 1.165) is 17.1 Å². The topological polar surface area (TPSA) is 67.6 Å². The maximum absolute atomic E-state index is 5.48. The number of nitrogens with zero attached hydrogens (tertiary/aromatic N) is 2. The van der Waals surface area contributed by atoms with E-state index in [1.165, 1.54) is 0 Å². The van der Waals surface area contributed by atoms with Gasteiger partial charge in [-0.1, -0.05) is 6.07 Å². The number of nitrogens with one attached hydrogen (secondary N) is 1. The number of pyridine rings is 1. The molecule has 0 aliphatic carbocycles. The fourth-order valence-electron chi connectivity index (χ4n) is 1.16. The molecule has 2 aromatic rings. The van der Waals surface area contributed by atoms with Crippen LogP contribution in [0.15, 0.2) is 24.3 Å². The van der Waals surface area contributed by atoms with E-state index in [1.807, 2.05) is 25.1 Å². The third-order valence-electron chi connectivity index (χ3n) is 1.76. The van der Waals surface area contributed by atoms with E-state index in [0.29, 0.717) is 5.82 Å². The van der Waals surface area contributed by atoms with Gasteiger partial charge in [-0.3, -0.25) is 10.1 Å².